The van der Waals surface area contributed by atoms with Crippen molar-refractivity contribution < 1.29 is 5.11 Å². The Bertz CT molecular complexity index is 518. The normalized spacial score (nSPS) is 29.5. The highest BCUT2D eigenvalue weighted by molar-refractivity contribution is 5.15. The molecule has 1 N–H and O–H groups in total. The first-order valence-electron chi connectivity index (χ1n) is 9.71. The van der Waals surface area contributed by atoms with Gasteiger partial charge in [0.25, 0.3) is 0 Å². The van der Waals surface area contributed by atoms with Gasteiger partial charge in [-0.05, 0) is 81.9 Å². The molecule has 1 aliphatic heterocycles. The van der Waals surface area contributed by atoms with E-state index in [2.05, 4.69) is 48.7 Å². The quantitative estimate of drug-likeness (QED) is 0.815. The smallest absolute Gasteiger partial charge is 0.0581 e. The average Bonchev–Trinajstić information content (AvgIpc) is 2.59. The Morgan fingerprint density at radius 2 is 1.83 bits per heavy atom. The maximum Gasteiger partial charge on any atom is 0.0581 e. The Morgan fingerprint density at radius 3 is 2.50 bits per heavy atom. The van der Waals surface area contributed by atoms with Crippen molar-refractivity contribution in [3.63, 3.8) is 0 Å². The topological polar surface area (TPSA) is 23.5 Å². The van der Waals surface area contributed by atoms with E-state index in [9.17, 15) is 5.11 Å². The van der Waals surface area contributed by atoms with Gasteiger partial charge in [-0.2, -0.15) is 0 Å². The fourth-order valence-corrected chi connectivity index (χ4v) is 4.54. The number of nitrogens with zero attached hydrogens (tertiary/aromatic N) is 1. The summed E-state index contributed by atoms with van der Waals surface area (Å²) in [6.45, 7) is 9.75. The number of hydrogen-bond acceptors (Lipinski definition) is 2. The number of aliphatic hydroxyl groups is 1. The highest BCUT2D eigenvalue weighted by atomic mass is 16.3. The molecule has 24 heavy (non-hydrogen) atoms. The number of aliphatic hydroxyl groups excluding tert-OH is 1. The third kappa shape index (κ3) is 4.70. The van der Waals surface area contributed by atoms with Gasteiger partial charge in [-0.1, -0.05) is 42.5 Å². The van der Waals surface area contributed by atoms with Crippen LogP contribution in [0.5, 0.6) is 0 Å². The first kappa shape index (κ1) is 17.7. The fraction of sp³-hybridized carbons (Fsp3) is 0.636. The van der Waals surface area contributed by atoms with Gasteiger partial charge in [0, 0.05) is 6.54 Å². The Kier molecular flexibility index (Phi) is 6.13. The van der Waals surface area contributed by atoms with E-state index in [1.807, 2.05) is 0 Å². The molecule has 132 valence electrons. The largest absolute Gasteiger partial charge is 0.393 e. The van der Waals surface area contributed by atoms with Crippen LogP contribution in [-0.4, -0.2) is 35.7 Å². The number of hydrogen-bond donors (Lipinski definition) is 1. The summed E-state index contributed by atoms with van der Waals surface area (Å²) < 4.78 is 0. The van der Waals surface area contributed by atoms with Gasteiger partial charge in [0.2, 0.25) is 0 Å². The molecule has 1 aliphatic carbocycles. The molecule has 2 aliphatic rings. The van der Waals surface area contributed by atoms with Gasteiger partial charge in [0.1, 0.15) is 0 Å². The maximum absolute atomic E-state index is 10.4. The van der Waals surface area contributed by atoms with E-state index in [4.69, 9.17) is 0 Å². The molecule has 1 saturated carbocycles. The van der Waals surface area contributed by atoms with Crippen molar-refractivity contribution in [2.45, 2.75) is 51.6 Å². The predicted molar refractivity (Wildman–Crippen MR) is 101 cm³/mol. The second-order valence-electron chi connectivity index (χ2n) is 8.12. The van der Waals surface area contributed by atoms with Crippen LogP contribution in [0.25, 0.3) is 0 Å². The van der Waals surface area contributed by atoms with E-state index < -0.39 is 0 Å². The lowest BCUT2D eigenvalue weighted by Crippen LogP contribution is -2.42. The molecule has 0 radical (unpaired) electrons. The van der Waals surface area contributed by atoms with Crippen LogP contribution < -0.4 is 0 Å². The van der Waals surface area contributed by atoms with E-state index in [1.54, 1.807) is 0 Å². The molecule has 0 spiro atoms. The molecule has 0 unspecified atom stereocenters. The van der Waals surface area contributed by atoms with Crippen LogP contribution in [0.1, 0.15) is 44.6 Å². The summed E-state index contributed by atoms with van der Waals surface area (Å²) >= 11 is 0. The molecule has 1 saturated heterocycles. The zero-order valence-corrected chi connectivity index (χ0v) is 15.2. The number of likely N-dealkylation sites (tertiary alicyclic amines) is 1. The van der Waals surface area contributed by atoms with Crippen molar-refractivity contribution in [3.8, 4) is 0 Å². The van der Waals surface area contributed by atoms with Gasteiger partial charge < -0.3 is 10.0 Å². The summed E-state index contributed by atoms with van der Waals surface area (Å²) in [5.41, 5.74) is 2.77. The van der Waals surface area contributed by atoms with Gasteiger partial charge in [0.15, 0.2) is 0 Å². The van der Waals surface area contributed by atoms with Gasteiger partial charge in [-0.3, -0.25) is 0 Å². The number of benzene rings is 1. The van der Waals surface area contributed by atoms with Crippen LogP contribution in [0.2, 0.25) is 0 Å². The monoisotopic (exact) mass is 327 g/mol. The van der Waals surface area contributed by atoms with E-state index in [1.165, 1.54) is 43.5 Å². The zero-order chi connectivity index (χ0) is 16.9. The number of allylic oxidation sites excluding steroid dienone is 1. The Balaban J connectivity index is 1.45. The molecule has 0 bridgehead atoms. The minimum atomic E-state index is -0.109. The fourth-order valence-electron chi connectivity index (χ4n) is 4.54. The second-order valence-corrected chi connectivity index (χ2v) is 8.12. The minimum Gasteiger partial charge on any atom is -0.393 e. The number of piperidine rings is 1. The molecule has 2 nitrogen and oxygen atoms in total. The van der Waals surface area contributed by atoms with Crippen LogP contribution in [0.3, 0.4) is 0 Å². The van der Waals surface area contributed by atoms with E-state index in [0.29, 0.717) is 11.8 Å². The Hall–Kier alpha value is -1.12. The second kappa shape index (κ2) is 8.31. The van der Waals surface area contributed by atoms with Crippen LogP contribution >= 0.6 is 0 Å². The highest BCUT2D eigenvalue weighted by Crippen LogP contribution is 2.34. The summed E-state index contributed by atoms with van der Waals surface area (Å²) in [6.07, 6.45) is 6.89. The molecule has 0 amide bonds. The van der Waals surface area contributed by atoms with Crippen molar-refractivity contribution in [3.05, 3.63) is 48.0 Å². The van der Waals surface area contributed by atoms with Crippen LogP contribution in [0.4, 0.5) is 0 Å². The molecule has 1 heterocycles. The Labute approximate surface area is 147 Å². The van der Waals surface area contributed by atoms with E-state index >= 15 is 0 Å². The minimum absolute atomic E-state index is 0.109. The first-order valence-corrected chi connectivity index (χ1v) is 9.71. The van der Waals surface area contributed by atoms with Crippen molar-refractivity contribution in [2.24, 2.45) is 17.8 Å². The molecular formula is C22H33NO. The third-order valence-electron chi connectivity index (χ3n) is 6.21. The van der Waals surface area contributed by atoms with Crippen molar-refractivity contribution in [1.29, 1.82) is 0 Å². The van der Waals surface area contributed by atoms with E-state index in [0.717, 1.165) is 31.7 Å². The van der Waals surface area contributed by atoms with Crippen LogP contribution in [-0.2, 0) is 6.42 Å². The maximum atomic E-state index is 10.4. The summed E-state index contributed by atoms with van der Waals surface area (Å²) in [4.78, 5) is 2.59. The van der Waals surface area contributed by atoms with Gasteiger partial charge >= 0.3 is 0 Å². The average molecular weight is 328 g/mol. The van der Waals surface area contributed by atoms with Crippen LogP contribution in [0, 0.1) is 17.8 Å². The Morgan fingerprint density at radius 1 is 1.12 bits per heavy atom. The molecule has 2 heteroatoms. The summed E-state index contributed by atoms with van der Waals surface area (Å²) in [5.74, 6) is 1.88. The van der Waals surface area contributed by atoms with Crippen molar-refractivity contribution in [1.82, 2.24) is 4.90 Å². The standard InChI is InChI=1S/C22H33NO/c1-17(2)20-8-9-22(24)21(15-20)16-23-12-10-19(11-13-23)14-18-6-4-3-5-7-18/h3-7,19-22,24H,1,8-16H2,2H3/t20-,21-,22-/m0/s1. The van der Waals surface area contributed by atoms with Crippen molar-refractivity contribution >= 4 is 0 Å². The molecule has 3 rings (SSSR count). The van der Waals surface area contributed by atoms with E-state index in [-0.39, 0.29) is 6.10 Å². The van der Waals surface area contributed by atoms with Crippen LogP contribution in [0.15, 0.2) is 42.5 Å². The highest BCUT2D eigenvalue weighted by Gasteiger charge is 2.31. The lowest BCUT2D eigenvalue weighted by molar-refractivity contribution is 0.0264. The first-order chi connectivity index (χ1) is 11.6. The lowest BCUT2D eigenvalue weighted by atomic mass is 9.76. The molecule has 2 fully saturated rings. The predicted octanol–water partition coefficient (Wildman–Crippen LogP) is 4.29. The molecular weight excluding hydrogens is 294 g/mol. The molecule has 1 aromatic carbocycles. The van der Waals surface area contributed by atoms with Gasteiger partial charge in [-0.15, -0.1) is 0 Å². The van der Waals surface area contributed by atoms with Crippen molar-refractivity contribution in [2.75, 3.05) is 19.6 Å². The summed E-state index contributed by atoms with van der Waals surface area (Å²) in [5, 5.41) is 10.4. The lowest BCUT2D eigenvalue weighted by Gasteiger charge is -2.39. The number of rotatable bonds is 5. The van der Waals surface area contributed by atoms with Gasteiger partial charge in [-0.25, -0.2) is 0 Å². The zero-order valence-electron chi connectivity index (χ0n) is 15.2. The molecule has 3 atom stereocenters. The summed E-state index contributed by atoms with van der Waals surface area (Å²) in [7, 11) is 0. The molecule has 0 aromatic heterocycles. The summed E-state index contributed by atoms with van der Waals surface area (Å²) in [6, 6.07) is 10.9. The SMILES string of the molecule is C=C(C)[C@H]1CC[C@H](O)[C@H](CN2CCC(Cc3ccccc3)CC2)C1. The van der Waals surface area contributed by atoms with Gasteiger partial charge in [0.05, 0.1) is 6.10 Å². The molecule has 1 aromatic rings. The third-order valence-corrected chi connectivity index (χ3v) is 6.21.